The molecule has 2 heterocycles. The van der Waals surface area contributed by atoms with E-state index in [-0.39, 0.29) is 23.9 Å². The number of benzene rings is 1. The molecule has 1 aromatic heterocycles. The lowest BCUT2D eigenvalue weighted by Gasteiger charge is -2.34. The number of carbonyl (C=O) groups excluding carboxylic acids is 1. The number of aliphatic hydroxyl groups is 1. The van der Waals surface area contributed by atoms with Gasteiger partial charge in [0.15, 0.2) is 0 Å². The predicted molar refractivity (Wildman–Crippen MR) is 98.9 cm³/mol. The Hall–Kier alpha value is -0.930. The van der Waals surface area contributed by atoms with Gasteiger partial charge in [0.25, 0.3) is 0 Å². The zero-order valence-corrected chi connectivity index (χ0v) is 16.0. The number of fused-ring (bicyclic) bond motifs is 1. The summed E-state index contributed by atoms with van der Waals surface area (Å²) in [5, 5.41) is 9.48. The van der Waals surface area contributed by atoms with Crippen LogP contribution in [0.4, 0.5) is 0 Å². The number of amides is 1. The van der Waals surface area contributed by atoms with E-state index in [1.54, 1.807) is 17.0 Å². The summed E-state index contributed by atoms with van der Waals surface area (Å²) >= 11 is 10.6. The number of β-amino-alcohol motifs (C(OH)–C–C–N with tert-alkyl or cyclic N) is 1. The van der Waals surface area contributed by atoms with E-state index in [4.69, 9.17) is 16.7 Å². The highest BCUT2D eigenvalue weighted by Gasteiger charge is 2.22. The number of carbonyl (C=O) groups is 1. The number of aromatic nitrogens is 1. The molecule has 0 spiro atoms. The first kappa shape index (κ1) is 17.9. The molecule has 9 heteroatoms. The van der Waals surface area contributed by atoms with Crippen LogP contribution in [-0.2, 0) is 11.3 Å². The third-order valence-corrected chi connectivity index (χ3v) is 6.28. The Morgan fingerprint density at radius 3 is 2.67 bits per heavy atom. The number of rotatable bonds is 4. The molecule has 0 saturated carbocycles. The number of aliphatic hydroxyl groups excluding tert-OH is 1. The molecule has 1 aliphatic heterocycles. The van der Waals surface area contributed by atoms with Gasteiger partial charge in [-0.25, -0.2) is 0 Å². The zero-order valence-electron chi connectivity index (χ0n) is 12.9. The molecule has 24 heavy (non-hydrogen) atoms. The molecular weight excluding hydrogens is 418 g/mol. The minimum atomic E-state index is -0.161. The van der Waals surface area contributed by atoms with E-state index in [1.165, 1.54) is 4.57 Å². The van der Waals surface area contributed by atoms with Crippen LogP contribution >= 0.6 is 38.9 Å². The predicted octanol–water partition coefficient (Wildman–Crippen LogP) is 1.62. The fourth-order valence-electron chi connectivity index (χ4n) is 2.81. The molecule has 0 bridgehead atoms. The summed E-state index contributed by atoms with van der Waals surface area (Å²) in [5.41, 5.74) is 0.686. The standard InChI is InChI=1S/C15H17BrClN3O3S/c16-10-7-13-12(8-11(10)17)20(15(23)24-13)9-14(22)19-3-1-18(2-4-19)5-6-21/h7-8,21H,1-6,9H2. The van der Waals surface area contributed by atoms with Crippen molar-refractivity contribution in [3.8, 4) is 0 Å². The van der Waals surface area contributed by atoms with Gasteiger partial charge in [-0.05, 0) is 28.1 Å². The molecule has 0 radical (unpaired) electrons. The maximum Gasteiger partial charge on any atom is 0.308 e. The monoisotopic (exact) mass is 433 g/mol. The maximum absolute atomic E-state index is 12.5. The Balaban J connectivity index is 1.75. The van der Waals surface area contributed by atoms with Crippen LogP contribution in [-0.4, -0.2) is 64.7 Å². The van der Waals surface area contributed by atoms with E-state index in [0.29, 0.717) is 30.2 Å². The molecule has 1 fully saturated rings. The summed E-state index contributed by atoms with van der Waals surface area (Å²) in [4.78, 5) is 28.5. The minimum absolute atomic E-state index is 0.0246. The van der Waals surface area contributed by atoms with E-state index in [9.17, 15) is 9.59 Å². The summed E-state index contributed by atoms with van der Waals surface area (Å²) in [5.74, 6) is -0.0699. The van der Waals surface area contributed by atoms with Crippen molar-refractivity contribution in [1.29, 1.82) is 0 Å². The van der Waals surface area contributed by atoms with Gasteiger partial charge in [-0.2, -0.15) is 0 Å². The molecule has 1 N–H and O–H groups in total. The second kappa shape index (κ2) is 7.53. The first-order chi connectivity index (χ1) is 11.5. The molecule has 2 aromatic rings. The quantitative estimate of drug-likeness (QED) is 0.794. The average molecular weight is 435 g/mol. The van der Waals surface area contributed by atoms with Gasteiger partial charge in [-0.3, -0.25) is 19.1 Å². The van der Waals surface area contributed by atoms with Crippen LogP contribution < -0.4 is 4.87 Å². The number of hydrogen-bond acceptors (Lipinski definition) is 5. The summed E-state index contributed by atoms with van der Waals surface area (Å²) in [7, 11) is 0. The smallest absolute Gasteiger partial charge is 0.308 e. The van der Waals surface area contributed by atoms with E-state index >= 15 is 0 Å². The molecule has 130 valence electrons. The number of piperazine rings is 1. The molecule has 3 rings (SSSR count). The Labute approximate surface area is 156 Å². The topological polar surface area (TPSA) is 65.8 Å². The van der Waals surface area contributed by atoms with Crippen molar-refractivity contribution in [3.05, 3.63) is 31.3 Å². The number of hydrogen-bond donors (Lipinski definition) is 1. The maximum atomic E-state index is 12.5. The van der Waals surface area contributed by atoms with Crippen molar-refractivity contribution in [3.63, 3.8) is 0 Å². The first-order valence-corrected chi connectivity index (χ1v) is 9.57. The minimum Gasteiger partial charge on any atom is -0.395 e. The van der Waals surface area contributed by atoms with Crippen molar-refractivity contribution in [2.75, 3.05) is 39.3 Å². The van der Waals surface area contributed by atoms with Crippen LogP contribution in [0.3, 0.4) is 0 Å². The molecule has 0 aliphatic carbocycles. The molecule has 0 atom stereocenters. The van der Waals surface area contributed by atoms with Crippen molar-refractivity contribution in [2.24, 2.45) is 0 Å². The molecular formula is C15H17BrClN3O3S. The van der Waals surface area contributed by atoms with Crippen LogP contribution in [0.1, 0.15) is 0 Å². The highest BCUT2D eigenvalue weighted by molar-refractivity contribution is 9.10. The Morgan fingerprint density at radius 2 is 2.00 bits per heavy atom. The van der Waals surface area contributed by atoms with Crippen LogP contribution in [0.2, 0.25) is 5.02 Å². The number of nitrogens with zero attached hydrogens (tertiary/aromatic N) is 3. The third-order valence-electron chi connectivity index (χ3n) is 4.14. The lowest BCUT2D eigenvalue weighted by Crippen LogP contribution is -2.50. The Kier molecular flexibility index (Phi) is 5.61. The zero-order chi connectivity index (χ0) is 17.3. The van der Waals surface area contributed by atoms with Crippen molar-refractivity contribution >= 4 is 55.0 Å². The third kappa shape index (κ3) is 3.67. The van der Waals surface area contributed by atoms with Gasteiger partial charge in [0.2, 0.25) is 5.91 Å². The van der Waals surface area contributed by atoms with Crippen LogP contribution in [0.25, 0.3) is 10.2 Å². The summed E-state index contributed by atoms with van der Waals surface area (Å²) < 4.78 is 3.02. The number of thiazole rings is 1. The van der Waals surface area contributed by atoms with E-state index in [2.05, 4.69) is 20.8 Å². The van der Waals surface area contributed by atoms with Gasteiger partial charge in [0, 0.05) is 37.2 Å². The van der Waals surface area contributed by atoms with Gasteiger partial charge in [-0.15, -0.1) is 0 Å². The number of halogens is 2. The average Bonchev–Trinajstić information content (AvgIpc) is 2.84. The second-order valence-electron chi connectivity index (χ2n) is 5.63. The van der Waals surface area contributed by atoms with Gasteiger partial charge in [0.1, 0.15) is 6.54 Å². The highest BCUT2D eigenvalue weighted by Crippen LogP contribution is 2.29. The SMILES string of the molecule is O=C(Cn1c(=O)sc2cc(Br)c(Cl)cc21)N1CCN(CCO)CC1. The van der Waals surface area contributed by atoms with Gasteiger partial charge >= 0.3 is 4.87 Å². The molecule has 6 nitrogen and oxygen atoms in total. The van der Waals surface area contributed by atoms with Gasteiger partial charge < -0.3 is 10.0 Å². The lowest BCUT2D eigenvalue weighted by atomic mass is 10.3. The summed E-state index contributed by atoms with van der Waals surface area (Å²) in [6, 6.07) is 3.52. The summed E-state index contributed by atoms with van der Waals surface area (Å²) in [6.07, 6.45) is 0. The normalized spacial score (nSPS) is 16.0. The first-order valence-electron chi connectivity index (χ1n) is 7.59. The van der Waals surface area contributed by atoms with Crippen LogP contribution in [0.15, 0.2) is 21.4 Å². The Morgan fingerprint density at radius 1 is 1.29 bits per heavy atom. The summed E-state index contributed by atoms with van der Waals surface area (Å²) in [6.45, 7) is 3.49. The van der Waals surface area contributed by atoms with Crippen molar-refractivity contribution in [2.45, 2.75) is 6.54 Å². The molecule has 0 unspecified atom stereocenters. The fraction of sp³-hybridized carbons (Fsp3) is 0.467. The van der Waals surface area contributed by atoms with E-state index in [0.717, 1.165) is 33.6 Å². The lowest BCUT2D eigenvalue weighted by molar-refractivity contribution is -0.133. The van der Waals surface area contributed by atoms with Crippen molar-refractivity contribution < 1.29 is 9.90 Å². The largest absolute Gasteiger partial charge is 0.395 e. The fourth-order valence-corrected chi connectivity index (χ4v) is 4.37. The highest BCUT2D eigenvalue weighted by atomic mass is 79.9. The molecule has 1 amide bonds. The van der Waals surface area contributed by atoms with Crippen LogP contribution in [0.5, 0.6) is 0 Å². The van der Waals surface area contributed by atoms with E-state index in [1.807, 2.05) is 0 Å². The van der Waals surface area contributed by atoms with Crippen molar-refractivity contribution in [1.82, 2.24) is 14.4 Å². The van der Waals surface area contributed by atoms with Gasteiger partial charge in [-0.1, -0.05) is 22.9 Å². The second-order valence-corrected chi connectivity index (χ2v) is 7.89. The molecule has 1 aliphatic rings. The Bertz CT molecular complexity index is 814. The molecule has 1 aromatic carbocycles. The van der Waals surface area contributed by atoms with E-state index < -0.39 is 0 Å². The van der Waals surface area contributed by atoms with Gasteiger partial charge in [0.05, 0.1) is 21.8 Å². The molecule has 1 saturated heterocycles. The van der Waals surface area contributed by atoms with Crippen LogP contribution in [0, 0.1) is 0 Å².